The van der Waals surface area contributed by atoms with Crippen LogP contribution in [0.5, 0.6) is 5.88 Å². The van der Waals surface area contributed by atoms with Crippen LogP contribution in [0.15, 0.2) is 30.7 Å². The fourth-order valence-corrected chi connectivity index (χ4v) is 2.36. The van der Waals surface area contributed by atoms with Gasteiger partial charge in [0.2, 0.25) is 5.88 Å². The Bertz CT molecular complexity index is 916. The molecule has 1 N–H and O–H groups in total. The molecule has 0 radical (unpaired) electrons. The highest BCUT2D eigenvalue weighted by Crippen LogP contribution is 2.15. The third kappa shape index (κ3) is 3.53. The average molecular weight is 352 g/mol. The molecule has 3 aromatic rings. The van der Waals surface area contributed by atoms with Crippen molar-refractivity contribution in [2.24, 2.45) is 0 Å². The molecule has 3 aromatic heterocycles. The van der Waals surface area contributed by atoms with Crippen LogP contribution in [0.4, 0.5) is 5.69 Å². The van der Waals surface area contributed by atoms with Gasteiger partial charge in [-0.05, 0) is 39.3 Å². The number of nitrogens with one attached hydrogen (secondary N) is 1. The summed E-state index contributed by atoms with van der Waals surface area (Å²) in [5.41, 5.74) is 3.94. The van der Waals surface area contributed by atoms with E-state index in [1.807, 2.05) is 27.7 Å². The lowest BCUT2D eigenvalue weighted by Gasteiger charge is -2.07. The molecule has 0 unspecified atom stereocenters. The van der Waals surface area contributed by atoms with Gasteiger partial charge in [-0.3, -0.25) is 4.79 Å². The first-order valence-corrected chi connectivity index (χ1v) is 8.25. The zero-order chi connectivity index (χ0) is 18.7. The predicted molar refractivity (Wildman–Crippen MR) is 96.7 cm³/mol. The van der Waals surface area contributed by atoms with Crippen LogP contribution in [0, 0.1) is 20.8 Å². The minimum atomic E-state index is -0.293. The number of carbonyl (C=O) groups excluding carboxylic acids is 1. The summed E-state index contributed by atoms with van der Waals surface area (Å²) in [4.78, 5) is 24.9. The topological polar surface area (TPSA) is 94.8 Å². The maximum absolute atomic E-state index is 12.3. The number of aryl methyl sites for hydroxylation is 1. The molecule has 0 atom stereocenters. The Balaban J connectivity index is 1.72. The van der Waals surface area contributed by atoms with E-state index >= 15 is 0 Å². The van der Waals surface area contributed by atoms with Crippen LogP contribution in [0.25, 0.3) is 5.95 Å². The molecule has 0 aliphatic carbocycles. The highest BCUT2D eigenvalue weighted by atomic mass is 16.5. The number of hydrogen-bond donors (Lipinski definition) is 1. The second-order valence-corrected chi connectivity index (χ2v) is 5.75. The van der Waals surface area contributed by atoms with Gasteiger partial charge in [-0.25, -0.2) is 19.6 Å². The van der Waals surface area contributed by atoms with E-state index in [0.29, 0.717) is 29.7 Å². The van der Waals surface area contributed by atoms with Crippen LogP contribution in [-0.2, 0) is 0 Å². The molecule has 8 heteroatoms. The molecule has 1 amide bonds. The van der Waals surface area contributed by atoms with Gasteiger partial charge in [0, 0.05) is 18.0 Å². The molecule has 3 rings (SSSR count). The molecule has 0 spiro atoms. The van der Waals surface area contributed by atoms with Gasteiger partial charge < -0.3 is 10.1 Å². The van der Waals surface area contributed by atoms with E-state index in [1.165, 1.54) is 6.20 Å². The van der Waals surface area contributed by atoms with Crippen LogP contribution in [-0.4, -0.2) is 37.2 Å². The number of amides is 1. The van der Waals surface area contributed by atoms with E-state index in [4.69, 9.17) is 4.74 Å². The minimum Gasteiger partial charge on any atom is -0.478 e. The number of ether oxygens (including phenoxy) is 1. The first-order chi connectivity index (χ1) is 12.5. The molecule has 134 valence electrons. The molecule has 26 heavy (non-hydrogen) atoms. The van der Waals surface area contributed by atoms with Crippen molar-refractivity contribution in [3.05, 3.63) is 53.2 Å². The number of rotatable bonds is 5. The standard InChI is InChI=1S/C18H20N6O2/c1-5-26-16-7-6-14(8-19-16)17(25)22-15-9-20-18(21-10-15)24-13(4)11(2)12(3)23-24/h6-10H,5H2,1-4H3,(H,22,25). The van der Waals surface area contributed by atoms with Crippen LogP contribution in [0.1, 0.15) is 34.2 Å². The van der Waals surface area contributed by atoms with E-state index in [0.717, 1.165) is 17.0 Å². The lowest BCUT2D eigenvalue weighted by atomic mass is 10.2. The molecule has 0 aliphatic heterocycles. The average Bonchev–Trinajstić information content (AvgIpc) is 2.91. The monoisotopic (exact) mass is 352 g/mol. The summed E-state index contributed by atoms with van der Waals surface area (Å²) >= 11 is 0. The highest BCUT2D eigenvalue weighted by Gasteiger charge is 2.12. The number of anilines is 1. The van der Waals surface area contributed by atoms with E-state index < -0.39 is 0 Å². The third-order valence-corrected chi connectivity index (χ3v) is 4.03. The van der Waals surface area contributed by atoms with Crippen molar-refractivity contribution >= 4 is 11.6 Å². The molecule has 0 saturated carbocycles. The molecule has 0 bridgehead atoms. The first-order valence-electron chi connectivity index (χ1n) is 8.25. The molecule has 0 fully saturated rings. The van der Waals surface area contributed by atoms with Crippen molar-refractivity contribution < 1.29 is 9.53 Å². The van der Waals surface area contributed by atoms with Crippen LogP contribution in [0.2, 0.25) is 0 Å². The quantitative estimate of drug-likeness (QED) is 0.758. The lowest BCUT2D eigenvalue weighted by molar-refractivity contribution is 0.102. The maximum Gasteiger partial charge on any atom is 0.257 e. The van der Waals surface area contributed by atoms with Gasteiger partial charge in [-0.2, -0.15) is 5.10 Å². The molecular formula is C18H20N6O2. The Kier molecular flexibility index (Phi) is 4.92. The molecule has 0 aromatic carbocycles. The number of aromatic nitrogens is 5. The summed E-state index contributed by atoms with van der Waals surface area (Å²) in [7, 11) is 0. The van der Waals surface area contributed by atoms with Gasteiger partial charge in [0.05, 0.1) is 35.9 Å². The summed E-state index contributed by atoms with van der Waals surface area (Å²) in [5.74, 6) is 0.648. The lowest BCUT2D eigenvalue weighted by Crippen LogP contribution is -2.13. The van der Waals surface area contributed by atoms with Gasteiger partial charge in [0.15, 0.2) is 0 Å². The van der Waals surface area contributed by atoms with E-state index in [1.54, 1.807) is 29.2 Å². The van der Waals surface area contributed by atoms with Gasteiger partial charge in [-0.1, -0.05) is 0 Å². The maximum atomic E-state index is 12.3. The van der Waals surface area contributed by atoms with Crippen molar-refractivity contribution in [3.8, 4) is 11.8 Å². The summed E-state index contributed by atoms with van der Waals surface area (Å²) in [5, 5.41) is 7.17. The fraction of sp³-hybridized carbons (Fsp3) is 0.278. The summed E-state index contributed by atoms with van der Waals surface area (Å²) in [6, 6.07) is 3.31. The Hall–Kier alpha value is -3.29. The normalized spacial score (nSPS) is 10.6. The van der Waals surface area contributed by atoms with Crippen LogP contribution < -0.4 is 10.1 Å². The second kappa shape index (κ2) is 7.30. The number of pyridine rings is 1. The number of hydrogen-bond acceptors (Lipinski definition) is 6. The van der Waals surface area contributed by atoms with E-state index in [2.05, 4.69) is 25.4 Å². The van der Waals surface area contributed by atoms with Gasteiger partial charge in [0.1, 0.15) is 0 Å². The SMILES string of the molecule is CCOc1ccc(C(=O)Nc2cnc(-n3nc(C)c(C)c3C)nc2)cn1. The zero-order valence-electron chi connectivity index (χ0n) is 15.1. The third-order valence-electron chi connectivity index (χ3n) is 4.03. The Morgan fingerprint density at radius 2 is 1.85 bits per heavy atom. The summed E-state index contributed by atoms with van der Waals surface area (Å²) in [6.45, 7) is 8.32. The Labute approximate surface area is 151 Å². The predicted octanol–water partition coefficient (Wildman–Crippen LogP) is 2.63. The second-order valence-electron chi connectivity index (χ2n) is 5.75. The molecule has 8 nitrogen and oxygen atoms in total. The Morgan fingerprint density at radius 1 is 1.12 bits per heavy atom. The van der Waals surface area contributed by atoms with E-state index in [9.17, 15) is 4.79 Å². The molecule has 0 saturated heterocycles. The van der Waals surface area contributed by atoms with Gasteiger partial charge >= 0.3 is 0 Å². The smallest absolute Gasteiger partial charge is 0.257 e. The van der Waals surface area contributed by atoms with Crippen LogP contribution >= 0.6 is 0 Å². The van der Waals surface area contributed by atoms with Crippen LogP contribution in [0.3, 0.4) is 0 Å². The molecule has 0 aliphatic rings. The first kappa shape index (κ1) is 17.5. The van der Waals surface area contributed by atoms with Crippen molar-refractivity contribution in [1.29, 1.82) is 0 Å². The van der Waals surface area contributed by atoms with Crippen molar-refractivity contribution in [3.63, 3.8) is 0 Å². The van der Waals surface area contributed by atoms with E-state index in [-0.39, 0.29) is 5.91 Å². The number of nitrogens with zero attached hydrogens (tertiary/aromatic N) is 5. The van der Waals surface area contributed by atoms with Crippen molar-refractivity contribution in [2.75, 3.05) is 11.9 Å². The zero-order valence-corrected chi connectivity index (χ0v) is 15.1. The van der Waals surface area contributed by atoms with Crippen molar-refractivity contribution in [2.45, 2.75) is 27.7 Å². The largest absolute Gasteiger partial charge is 0.478 e. The van der Waals surface area contributed by atoms with Gasteiger partial charge in [0.25, 0.3) is 11.9 Å². The summed E-state index contributed by atoms with van der Waals surface area (Å²) in [6.07, 6.45) is 4.57. The fourth-order valence-electron chi connectivity index (χ4n) is 2.36. The highest BCUT2D eigenvalue weighted by molar-refractivity contribution is 6.03. The molecule has 3 heterocycles. The minimum absolute atomic E-state index is 0.293. The Morgan fingerprint density at radius 3 is 2.38 bits per heavy atom. The van der Waals surface area contributed by atoms with Crippen molar-refractivity contribution in [1.82, 2.24) is 24.7 Å². The van der Waals surface area contributed by atoms with Gasteiger partial charge in [-0.15, -0.1) is 0 Å². The molecular weight excluding hydrogens is 332 g/mol. The summed E-state index contributed by atoms with van der Waals surface area (Å²) < 4.78 is 6.95. The number of carbonyl (C=O) groups is 1.